The van der Waals surface area contributed by atoms with E-state index in [0.29, 0.717) is 6.54 Å². The smallest absolute Gasteiger partial charge is 0.257 e. The fourth-order valence-electron chi connectivity index (χ4n) is 2.35. The molecule has 0 saturated heterocycles. The zero-order valence-corrected chi connectivity index (χ0v) is 13.3. The van der Waals surface area contributed by atoms with Crippen molar-refractivity contribution in [2.75, 3.05) is 32.8 Å². The Kier molecular flexibility index (Phi) is 6.22. The number of nitrogens with one attached hydrogen (secondary N) is 1. The summed E-state index contributed by atoms with van der Waals surface area (Å²) < 4.78 is 5.56. The average molecular weight is 300 g/mol. The molecule has 0 aliphatic carbocycles. The normalized spacial score (nSPS) is 10.9. The van der Waals surface area contributed by atoms with Crippen LogP contribution in [-0.4, -0.2) is 43.6 Å². The highest BCUT2D eigenvalue weighted by Gasteiger charge is 2.04. The molecule has 0 bridgehead atoms. The number of carbonyl (C=O) groups is 1. The standard InChI is InChI=1S/C18H24N2O2/c1-3-20(4-2)12-11-19-18(21)14-22-17-10-9-15-7-5-6-8-16(15)13-17/h5-10,13H,3-4,11-12,14H2,1-2H3,(H,19,21). The number of hydrogen-bond donors (Lipinski definition) is 1. The molecular weight excluding hydrogens is 276 g/mol. The highest BCUT2D eigenvalue weighted by atomic mass is 16.5. The van der Waals surface area contributed by atoms with E-state index in [1.165, 1.54) is 5.39 Å². The zero-order valence-electron chi connectivity index (χ0n) is 13.3. The Morgan fingerprint density at radius 1 is 1.09 bits per heavy atom. The minimum Gasteiger partial charge on any atom is -0.484 e. The third-order valence-electron chi connectivity index (χ3n) is 3.74. The van der Waals surface area contributed by atoms with Crippen molar-refractivity contribution in [1.29, 1.82) is 0 Å². The third kappa shape index (κ3) is 4.74. The molecule has 2 rings (SSSR count). The Labute approximate surface area is 132 Å². The Morgan fingerprint density at radius 3 is 2.55 bits per heavy atom. The summed E-state index contributed by atoms with van der Waals surface area (Å²) in [7, 11) is 0. The van der Waals surface area contributed by atoms with Crippen LogP contribution in [0.1, 0.15) is 13.8 Å². The molecule has 0 radical (unpaired) electrons. The van der Waals surface area contributed by atoms with Crippen molar-refractivity contribution in [3.05, 3.63) is 42.5 Å². The van der Waals surface area contributed by atoms with Gasteiger partial charge in [0.1, 0.15) is 5.75 Å². The number of likely N-dealkylation sites (N-methyl/N-ethyl adjacent to an activating group) is 1. The molecule has 0 spiro atoms. The summed E-state index contributed by atoms with van der Waals surface area (Å²) in [6.45, 7) is 7.81. The van der Waals surface area contributed by atoms with Crippen LogP contribution in [-0.2, 0) is 4.79 Å². The molecule has 4 heteroatoms. The second-order valence-electron chi connectivity index (χ2n) is 5.17. The summed E-state index contributed by atoms with van der Waals surface area (Å²) >= 11 is 0. The first-order valence-electron chi connectivity index (χ1n) is 7.83. The molecule has 4 nitrogen and oxygen atoms in total. The quantitative estimate of drug-likeness (QED) is 0.815. The molecule has 2 aromatic rings. The summed E-state index contributed by atoms with van der Waals surface area (Å²) in [4.78, 5) is 14.1. The van der Waals surface area contributed by atoms with E-state index in [9.17, 15) is 4.79 Å². The molecule has 0 fully saturated rings. The van der Waals surface area contributed by atoms with Crippen LogP contribution >= 0.6 is 0 Å². The topological polar surface area (TPSA) is 41.6 Å². The summed E-state index contributed by atoms with van der Waals surface area (Å²) in [6, 6.07) is 13.9. The minimum atomic E-state index is -0.0830. The molecule has 0 aromatic heterocycles. The Morgan fingerprint density at radius 2 is 1.82 bits per heavy atom. The number of carbonyl (C=O) groups excluding carboxylic acids is 1. The van der Waals surface area contributed by atoms with Crippen LogP contribution in [0.15, 0.2) is 42.5 Å². The molecule has 1 amide bonds. The maximum atomic E-state index is 11.8. The SMILES string of the molecule is CCN(CC)CCNC(=O)COc1ccc2ccccc2c1. The van der Waals surface area contributed by atoms with Crippen molar-refractivity contribution < 1.29 is 9.53 Å². The molecule has 118 valence electrons. The van der Waals surface area contributed by atoms with Crippen molar-refractivity contribution in [2.45, 2.75) is 13.8 Å². The first kappa shape index (κ1) is 16.3. The molecule has 1 N–H and O–H groups in total. The molecule has 0 atom stereocenters. The number of rotatable bonds is 8. The highest BCUT2D eigenvalue weighted by Crippen LogP contribution is 2.20. The predicted molar refractivity (Wildman–Crippen MR) is 90.2 cm³/mol. The lowest BCUT2D eigenvalue weighted by molar-refractivity contribution is -0.123. The highest BCUT2D eigenvalue weighted by molar-refractivity contribution is 5.84. The lowest BCUT2D eigenvalue weighted by Gasteiger charge is -2.18. The number of hydrogen-bond acceptors (Lipinski definition) is 3. The fraction of sp³-hybridized carbons (Fsp3) is 0.389. The van der Waals surface area contributed by atoms with Crippen LogP contribution in [0.2, 0.25) is 0 Å². The molecule has 0 saturated carbocycles. The van der Waals surface area contributed by atoms with Gasteiger partial charge in [-0.2, -0.15) is 0 Å². The average Bonchev–Trinajstić information content (AvgIpc) is 2.56. The third-order valence-corrected chi connectivity index (χ3v) is 3.74. The maximum absolute atomic E-state index is 11.8. The van der Waals surface area contributed by atoms with Gasteiger partial charge in [0.25, 0.3) is 5.91 Å². The van der Waals surface area contributed by atoms with Gasteiger partial charge in [0.2, 0.25) is 0 Å². The second-order valence-corrected chi connectivity index (χ2v) is 5.17. The predicted octanol–water partition coefficient (Wildman–Crippen LogP) is 2.68. The van der Waals surface area contributed by atoms with Gasteiger partial charge in [0.15, 0.2) is 6.61 Å². The van der Waals surface area contributed by atoms with Crippen LogP contribution < -0.4 is 10.1 Å². The van der Waals surface area contributed by atoms with Gasteiger partial charge in [-0.25, -0.2) is 0 Å². The number of fused-ring (bicyclic) bond motifs is 1. The first-order chi connectivity index (χ1) is 10.7. The van der Waals surface area contributed by atoms with Crippen molar-refractivity contribution in [3.8, 4) is 5.75 Å². The van der Waals surface area contributed by atoms with Gasteiger partial charge in [0, 0.05) is 13.1 Å². The van der Waals surface area contributed by atoms with Crippen LogP contribution in [0.25, 0.3) is 10.8 Å². The van der Waals surface area contributed by atoms with Gasteiger partial charge >= 0.3 is 0 Å². The van der Waals surface area contributed by atoms with Crippen LogP contribution in [0.4, 0.5) is 0 Å². The van der Waals surface area contributed by atoms with E-state index in [4.69, 9.17) is 4.74 Å². The monoisotopic (exact) mass is 300 g/mol. The Bertz CT molecular complexity index is 609. The van der Waals surface area contributed by atoms with Gasteiger partial charge in [0.05, 0.1) is 0 Å². The van der Waals surface area contributed by atoms with Crippen LogP contribution in [0, 0.1) is 0 Å². The van der Waals surface area contributed by atoms with E-state index >= 15 is 0 Å². The fourth-order valence-corrected chi connectivity index (χ4v) is 2.35. The molecule has 22 heavy (non-hydrogen) atoms. The molecular formula is C18H24N2O2. The molecule has 2 aromatic carbocycles. The lowest BCUT2D eigenvalue weighted by Crippen LogP contribution is -2.36. The second kappa shape index (κ2) is 8.39. The minimum absolute atomic E-state index is 0.0522. The maximum Gasteiger partial charge on any atom is 0.257 e. The van der Waals surface area contributed by atoms with E-state index in [0.717, 1.165) is 30.8 Å². The van der Waals surface area contributed by atoms with Gasteiger partial charge in [-0.3, -0.25) is 4.79 Å². The molecule has 0 unspecified atom stereocenters. The lowest BCUT2D eigenvalue weighted by atomic mass is 10.1. The van der Waals surface area contributed by atoms with Crippen LogP contribution in [0.3, 0.4) is 0 Å². The molecule has 0 heterocycles. The largest absolute Gasteiger partial charge is 0.484 e. The van der Waals surface area contributed by atoms with Gasteiger partial charge in [-0.05, 0) is 36.0 Å². The van der Waals surface area contributed by atoms with Crippen molar-refractivity contribution in [3.63, 3.8) is 0 Å². The number of ether oxygens (including phenoxy) is 1. The van der Waals surface area contributed by atoms with E-state index in [1.54, 1.807) is 0 Å². The summed E-state index contributed by atoms with van der Waals surface area (Å²) in [5.41, 5.74) is 0. The Balaban J connectivity index is 1.77. The van der Waals surface area contributed by atoms with Crippen molar-refractivity contribution in [1.82, 2.24) is 10.2 Å². The summed E-state index contributed by atoms with van der Waals surface area (Å²) in [5, 5.41) is 5.16. The number of nitrogens with zero attached hydrogens (tertiary/aromatic N) is 1. The Hall–Kier alpha value is -2.07. The molecule has 0 aliphatic rings. The summed E-state index contributed by atoms with van der Waals surface area (Å²) in [6.07, 6.45) is 0. The zero-order chi connectivity index (χ0) is 15.8. The van der Waals surface area contributed by atoms with E-state index in [1.807, 2.05) is 36.4 Å². The van der Waals surface area contributed by atoms with E-state index < -0.39 is 0 Å². The number of benzene rings is 2. The van der Waals surface area contributed by atoms with Crippen molar-refractivity contribution in [2.24, 2.45) is 0 Å². The van der Waals surface area contributed by atoms with Gasteiger partial charge in [-0.15, -0.1) is 0 Å². The van der Waals surface area contributed by atoms with E-state index in [2.05, 4.69) is 30.1 Å². The van der Waals surface area contributed by atoms with Crippen molar-refractivity contribution >= 4 is 16.7 Å². The van der Waals surface area contributed by atoms with Gasteiger partial charge in [-0.1, -0.05) is 44.2 Å². The summed E-state index contributed by atoms with van der Waals surface area (Å²) in [5.74, 6) is 0.637. The first-order valence-corrected chi connectivity index (χ1v) is 7.83. The molecule has 0 aliphatic heterocycles. The number of amides is 1. The van der Waals surface area contributed by atoms with Gasteiger partial charge < -0.3 is 15.0 Å². The van der Waals surface area contributed by atoms with Crippen LogP contribution in [0.5, 0.6) is 5.75 Å². The van der Waals surface area contributed by atoms with E-state index in [-0.39, 0.29) is 12.5 Å².